The number of phenolic OH excluding ortho intramolecular Hbond substituents is 2. The first-order valence-corrected chi connectivity index (χ1v) is 4.85. The van der Waals surface area contributed by atoms with E-state index in [9.17, 15) is 15.0 Å². The number of aromatic hydroxyl groups is 2. The van der Waals surface area contributed by atoms with E-state index in [1.165, 1.54) is 12.1 Å². The van der Waals surface area contributed by atoms with Gasteiger partial charge in [-0.05, 0) is 0 Å². The molecule has 0 radical (unpaired) electrons. The van der Waals surface area contributed by atoms with Gasteiger partial charge in [-0.15, -0.1) is 0 Å². The molecule has 17 heavy (non-hydrogen) atoms. The maximum atomic E-state index is 11.5. The van der Waals surface area contributed by atoms with Crippen LogP contribution in [0.4, 0.5) is 0 Å². The van der Waals surface area contributed by atoms with E-state index in [1.54, 1.807) is 0 Å². The summed E-state index contributed by atoms with van der Waals surface area (Å²) in [6.07, 6.45) is -0.600. The van der Waals surface area contributed by atoms with Crippen molar-refractivity contribution in [3.63, 3.8) is 0 Å². The van der Waals surface area contributed by atoms with Crippen molar-refractivity contribution in [2.75, 3.05) is 6.61 Å². The lowest BCUT2D eigenvalue weighted by Crippen LogP contribution is -2.33. The first kappa shape index (κ1) is 11.6. The molecule has 0 saturated carbocycles. The Morgan fingerprint density at radius 3 is 2.59 bits per heavy atom. The molecule has 92 valence electrons. The molecule has 1 aromatic rings. The minimum atomic E-state index is -0.895. The normalized spacial score (nSPS) is 19.9. The van der Waals surface area contributed by atoms with E-state index in [1.807, 2.05) is 0 Å². The Morgan fingerprint density at radius 1 is 1.29 bits per heavy atom. The molecule has 1 fully saturated rings. The average Bonchev–Trinajstić information content (AvgIpc) is 2.28. The van der Waals surface area contributed by atoms with E-state index in [4.69, 9.17) is 4.74 Å². The highest BCUT2D eigenvalue weighted by molar-refractivity contribution is 5.77. The van der Waals surface area contributed by atoms with Gasteiger partial charge < -0.3 is 14.9 Å². The second-order valence-electron chi connectivity index (χ2n) is 3.37. The van der Waals surface area contributed by atoms with Crippen molar-refractivity contribution in [3.05, 3.63) is 18.2 Å². The summed E-state index contributed by atoms with van der Waals surface area (Å²) >= 11 is 0. The van der Waals surface area contributed by atoms with Gasteiger partial charge in [0.2, 0.25) is 0 Å². The summed E-state index contributed by atoms with van der Waals surface area (Å²) in [5.74, 6) is -1.10. The number of carbonyl (C=O) groups excluding carboxylic acids is 1. The minimum Gasteiger partial charge on any atom is -0.508 e. The molecule has 7 heteroatoms. The quantitative estimate of drug-likeness (QED) is 0.446. The zero-order valence-corrected chi connectivity index (χ0v) is 8.66. The van der Waals surface area contributed by atoms with Crippen LogP contribution in [-0.4, -0.2) is 28.9 Å². The molecule has 0 aliphatic carbocycles. The summed E-state index contributed by atoms with van der Waals surface area (Å²) < 4.78 is 4.90. The van der Waals surface area contributed by atoms with Crippen LogP contribution >= 0.6 is 0 Å². The smallest absolute Gasteiger partial charge is 0.344 e. The Balaban J connectivity index is 2.01. The number of rotatable bonds is 2. The molecule has 1 unspecified atom stereocenters. The molecule has 1 aliphatic heterocycles. The highest BCUT2D eigenvalue weighted by atomic mass is 17.5. The SMILES string of the molecule is O=C(Oc1cc(O)cc(O)c1)C1CCOOO1. The van der Waals surface area contributed by atoms with Crippen molar-refractivity contribution < 1.29 is 34.6 Å². The Hall–Kier alpha value is -1.83. The molecule has 0 bridgehead atoms. The van der Waals surface area contributed by atoms with Crippen molar-refractivity contribution in [3.8, 4) is 17.2 Å². The maximum absolute atomic E-state index is 11.5. The van der Waals surface area contributed by atoms with Crippen molar-refractivity contribution in [1.29, 1.82) is 0 Å². The minimum absolute atomic E-state index is 0.0163. The van der Waals surface area contributed by atoms with Gasteiger partial charge in [0.1, 0.15) is 17.2 Å². The Bertz CT molecular complexity index is 391. The first-order valence-electron chi connectivity index (χ1n) is 4.85. The van der Waals surface area contributed by atoms with E-state index in [-0.39, 0.29) is 23.9 Å². The van der Waals surface area contributed by atoms with E-state index in [0.29, 0.717) is 6.42 Å². The van der Waals surface area contributed by atoms with Gasteiger partial charge in [0.05, 0.1) is 6.61 Å². The zero-order valence-electron chi connectivity index (χ0n) is 8.66. The van der Waals surface area contributed by atoms with Crippen LogP contribution in [0.15, 0.2) is 18.2 Å². The monoisotopic (exact) mass is 242 g/mol. The number of esters is 1. The van der Waals surface area contributed by atoms with Gasteiger partial charge in [-0.1, -0.05) is 5.04 Å². The largest absolute Gasteiger partial charge is 0.508 e. The average molecular weight is 242 g/mol. The molecule has 1 saturated heterocycles. The van der Waals surface area contributed by atoms with E-state index >= 15 is 0 Å². The standard InChI is InChI=1S/C10H10O7/c11-6-3-7(12)5-8(4-6)15-10(13)9-1-2-14-17-16-9/h3-5,9,11-12H,1-2H2. The van der Waals surface area contributed by atoms with Gasteiger partial charge >= 0.3 is 5.97 Å². The van der Waals surface area contributed by atoms with E-state index in [2.05, 4.69) is 14.8 Å². The molecule has 1 atom stereocenters. The number of phenols is 2. The Labute approximate surface area is 95.9 Å². The predicted octanol–water partition coefficient (Wildman–Crippen LogP) is 0.655. The van der Waals surface area contributed by atoms with Crippen LogP contribution in [0.5, 0.6) is 17.2 Å². The van der Waals surface area contributed by atoms with Crippen LogP contribution in [0.1, 0.15) is 6.42 Å². The van der Waals surface area contributed by atoms with Gasteiger partial charge in [0.15, 0.2) is 6.10 Å². The molecule has 1 heterocycles. The van der Waals surface area contributed by atoms with Gasteiger partial charge in [0, 0.05) is 24.6 Å². The number of hydrogen-bond acceptors (Lipinski definition) is 7. The van der Waals surface area contributed by atoms with Crippen LogP contribution in [0, 0.1) is 0 Å². The lowest BCUT2D eigenvalue weighted by atomic mass is 10.2. The highest BCUT2D eigenvalue weighted by Gasteiger charge is 2.26. The molecule has 1 aliphatic rings. The predicted molar refractivity (Wildman–Crippen MR) is 51.9 cm³/mol. The fourth-order valence-electron chi connectivity index (χ4n) is 1.28. The summed E-state index contributed by atoms with van der Waals surface area (Å²) in [5.41, 5.74) is 0. The summed E-state index contributed by atoms with van der Waals surface area (Å²) in [4.78, 5) is 20.5. The number of benzene rings is 1. The van der Waals surface area contributed by atoms with Crippen molar-refractivity contribution >= 4 is 5.97 Å². The van der Waals surface area contributed by atoms with Crippen LogP contribution < -0.4 is 4.74 Å². The van der Waals surface area contributed by atoms with Gasteiger partial charge in [-0.25, -0.2) is 9.68 Å². The molecule has 0 spiro atoms. The summed E-state index contributed by atoms with van der Waals surface area (Å²) in [7, 11) is 0. The molecule has 2 rings (SSSR count). The second kappa shape index (κ2) is 5.00. The summed E-state index contributed by atoms with van der Waals surface area (Å²) in [6, 6.07) is 3.50. The first-order chi connectivity index (χ1) is 8.15. The number of carbonyl (C=O) groups is 1. The van der Waals surface area contributed by atoms with E-state index in [0.717, 1.165) is 6.07 Å². The lowest BCUT2D eigenvalue weighted by molar-refractivity contribution is -0.543. The van der Waals surface area contributed by atoms with Crippen LogP contribution in [0.25, 0.3) is 0 Å². The topological polar surface area (TPSA) is 94.5 Å². The van der Waals surface area contributed by atoms with Crippen LogP contribution in [-0.2, 0) is 19.6 Å². The van der Waals surface area contributed by atoms with Gasteiger partial charge in [0.25, 0.3) is 0 Å². The second-order valence-corrected chi connectivity index (χ2v) is 3.37. The summed E-state index contributed by atoms with van der Waals surface area (Å²) in [6.45, 7) is 0.213. The molecule has 1 aromatic carbocycles. The Morgan fingerprint density at radius 2 is 2.00 bits per heavy atom. The summed E-state index contributed by atoms with van der Waals surface area (Å²) in [5, 5.41) is 22.6. The third-order valence-corrected chi connectivity index (χ3v) is 2.02. The van der Waals surface area contributed by atoms with Gasteiger partial charge in [-0.3, -0.25) is 0 Å². The number of ether oxygens (including phenoxy) is 1. The fraction of sp³-hybridized carbons (Fsp3) is 0.300. The molecular weight excluding hydrogens is 232 g/mol. The molecule has 0 aromatic heterocycles. The maximum Gasteiger partial charge on any atom is 0.344 e. The van der Waals surface area contributed by atoms with Gasteiger partial charge in [-0.2, -0.15) is 4.89 Å². The highest BCUT2D eigenvalue weighted by Crippen LogP contribution is 2.26. The lowest BCUT2D eigenvalue weighted by Gasteiger charge is -2.18. The molecule has 7 nitrogen and oxygen atoms in total. The van der Waals surface area contributed by atoms with Crippen LogP contribution in [0.2, 0.25) is 0 Å². The molecule has 0 amide bonds. The molecular formula is C10H10O7. The van der Waals surface area contributed by atoms with Crippen LogP contribution in [0.3, 0.4) is 0 Å². The molecule has 2 N–H and O–H groups in total. The number of hydrogen-bond donors (Lipinski definition) is 2. The zero-order chi connectivity index (χ0) is 12.3. The van der Waals surface area contributed by atoms with Crippen molar-refractivity contribution in [2.45, 2.75) is 12.5 Å². The third kappa shape index (κ3) is 3.06. The van der Waals surface area contributed by atoms with Crippen molar-refractivity contribution in [1.82, 2.24) is 0 Å². The van der Waals surface area contributed by atoms with E-state index < -0.39 is 12.1 Å². The fourth-order valence-corrected chi connectivity index (χ4v) is 1.28. The third-order valence-electron chi connectivity index (χ3n) is 2.02. The van der Waals surface area contributed by atoms with Crippen molar-refractivity contribution in [2.24, 2.45) is 0 Å². The Kier molecular flexibility index (Phi) is 3.43.